The number of anilines is 1. The van der Waals surface area contributed by atoms with E-state index in [9.17, 15) is 0 Å². The van der Waals surface area contributed by atoms with Crippen molar-refractivity contribution in [1.29, 1.82) is 5.26 Å². The molecule has 0 aliphatic carbocycles. The summed E-state index contributed by atoms with van der Waals surface area (Å²) in [6, 6.07) is 3.54. The Morgan fingerprint density at radius 1 is 1.35 bits per heavy atom. The fourth-order valence-electron chi connectivity index (χ4n) is 4.28. The highest BCUT2D eigenvalue weighted by atomic mass is 35.5. The first-order valence-corrected chi connectivity index (χ1v) is 11.4. The van der Waals surface area contributed by atoms with E-state index in [1.54, 1.807) is 19.2 Å². The summed E-state index contributed by atoms with van der Waals surface area (Å²) in [5.41, 5.74) is 7.24. The molecular weight excluding hydrogens is 418 g/mol. The summed E-state index contributed by atoms with van der Waals surface area (Å²) in [5, 5.41) is 12.9. The van der Waals surface area contributed by atoms with Gasteiger partial charge in [-0.2, -0.15) is 5.26 Å². The van der Waals surface area contributed by atoms with Crippen molar-refractivity contribution in [3.63, 3.8) is 0 Å². The molecule has 0 saturated carbocycles. The van der Waals surface area contributed by atoms with Crippen LogP contribution in [0.3, 0.4) is 0 Å². The number of nitrogens with zero attached hydrogens (tertiary/aromatic N) is 3. The number of nitrogen functional groups attached to an aromatic ring is 1. The largest absolute Gasteiger partial charge is 0.493 e. The molecule has 8 nitrogen and oxygen atoms in total. The van der Waals surface area contributed by atoms with E-state index >= 15 is 0 Å². The minimum atomic E-state index is -0.381. The summed E-state index contributed by atoms with van der Waals surface area (Å²) in [4.78, 5) is 4.34. The minimum Gasteiger partial charge on any atom is -0.493 e. The lowest BCUT2D eigenvalue weighted by Crippen LogP contribution is -2.49. The molecular formula is C22H34ClN5O3. The third kappa shape index (κ3) is 6.61. The number of hydrogen-bond acceptors (Lipinski definition) is 8. The number of hydrogen-bond donors (Lipinski definition) is 2. The van der Waals surface area contributed by atoms with Gasteiger partial charge in [0.1, 0.15) is 12.0 Å². The van der Waals surface area contributed by atoms with E-state index in [-0.39, 0.29) is 12.3 Å². The van der Waals surface area contributed by atoms with Crippen molar-refractivity contribution in [2.45, 2.75) is 32.1 Å². The van der Waals surface area contributed by atoms with Gasteiger partial charge in [0, 0.05) is 58.0 Å². The average Bonchev–Trinajstić information content (AvgIpc) is 2.78. The molecule has 2 fully saturated rings. The zero-order valence-electron chi connectivity index (χ0n) is 18.5. The number of nitrogens with one attached hydrogen (secondary N) is 1. The van der Waals surface area contributed by atoms with Crippen LogP contribution in [0.15, 0.2) is 12.1 Å². The Kier molecular flexibility index (Phi) is 9.05. The SMILES string of the molecule is CCOc1cc(N)c(Cl)cc1C(NCC1CN(CC2CCN(C#N)CC2)CCO1)OC. The molecule has 2 aliphatic rings. The Morgan fingerprint density at radius 3 is 2.81 bits per heavy atom. The number of piperidine rings is 1. The lowest BCUT2D eigenvalue weighted by atomic mass is 9.96. The number of rotatable bonds is 9. The molecule has 2 unspecified atom stereocenters. The van der Waals surface area contributed by atoms with Gasteiger partial charge in [0.15, 0.2) is 6.19 Å². The minimum absolute atomic E-state index is 0.0744. The van der Waals surface area contributed by atoms with Crippen molar-refractivity contribution in [3.8, 4) is 11.9 Å². The smallest absolute Gasteiger partial charge is 0.179 e. The van der Waals surface area contributed by atoms with Gasteiger partial charge in [-0.05, 0) is 31.7 Å². The number of benzene rings is 1. The number of morpholine rings is 1. The zero-order valence-corrected chi connectivity index (χ0v) is 19.2. The van der Waals surface area contributed by atoms with Crippen LogP contribution in [0.1, 0.15) is 31.6 Å². The second-order valence-corrected chi connectivity index (χ2v) is 8.56. The summed E-state index contributed by atoms with van der Waals surface area (Å²) >= 11 is 6.25. The Labute approximate surface area is 190 Å². The third-order valence-electron chi connectivity index (χ3n) is 5.97. The van der Waals surface area contributed by atoms with Crippen LogP contribution in [0.25, 0.3) is 0 Å². The number of likely N-dealkylation sites (tertiary alicyclic amines) is 1. The third-order valence-corrected chi connectivity index (χ3v) is 6.30. The fraction of sp³-hybridized carbons (Fsp3) is 0.682. The van der Waals surface area contributed by atoms with Gasteiger partial charge in [-0.25, -0.2) is 0 Å². The van der Waals surface area contributed by atoms with Crippen molar-refractivity contribution in [1.82, 2.24) is 15.1 Å². The predicted octanol–water partition coefficient (Wildman–Crippen LogP) is 2.45. The average molecular weight is 452 g/mol. The van der Waals surface area contributed by atoms with Gasteiger partial charge in [-0.15, -0.1) is 0 Å². The van der Waals surface area contributed by atoms with E-state index in [4.69, 9.17) is 36.8 Å². The molecule has 2 atom stereocenters. The highest BCUT2D eigenvalue weighted by Gasteiger charge is 2.26. The van der Waals surface area contributed by atoms with Gasteiger partial charge in [-0.3, -0.25) is 10.2 Å². The van der Waals surface area contributed by atoms with E-state index in [2.05, 4.69) is 16.4 Å². The molecule has 0 bridgehead atoms. The highest BCUT2D eigenvalue weighted by molar-refractivity contribution is 6.33. The second kappa shape index (κ2) is 11.7. The first-order valence-electron chi connectivity index (χ1n) is 11.0. The van der Waals surface area contributed by atoms with Crippen LogP contribution < -0.4 is 15.8 Å². The molecule has 2 aliphatic heterocycles. The molecule has 31 heavy (non-hydrogen) atoms. The summed E-state index contributed by atoms with van der Waals surface area (Å²) in [6.45, 7) is 8.46. The van der Waals surface area contributed by atoms with Crippen LogP contribution in [0, 0.1) is 17.4 Å². The van der Waals surface area contributed by atoms with Gasteiger partial charge >= 0.3 is 0 Å². The Hall–Kier alpha value is -1.76. The predicted molar refractivity (Wildman–Crippen MR) is 121 cm³/mol. The summed E-state index contributed by atoms with van der Waals surface area (Å²) in [7, 11) is 1.65. The Morgan fingerprint density at radius 2 is 2.13 bits per heavy atom. The van der Waals surface area contributed by atoms with E-state index in [1.807, 2.05) is 11.8 Å². The summed E-state index contributed by atoms with van der Waals surface area (Å²) in [6.07, 6.45) is 4.11. The fourth-order valence-corrected chi connectivity index (χ4v) is 4.45. The van der Waals surface area contributed by atoms with Gasteiger partial charge in [0.05, 0.1) is 30.0 Å². The number of nitrogens with two attached hydrogens (primary N) is 1. The van der Waals surface area contributed by atoms with E-state index < -0.39 is 0 Å². The molecule has 0 aromatic heterocycles. The molecule has 0 radical (unpaired) electrons. The summed E-state index contributed by atoms with van der Waals surface area (Å²) in [5.74, 6) is 1.31. The Bertz CT molecular complexity index is 751. The van der Waals surface area contributed by atoms with Gasteiger partial charge < -0.3 is 24.8 Å². The quantitative estimate of drug-likeness (QED) is 0.336. The molecule has 3 rings (SSSR count). The van der Waals surface area contributed by atoms with Crippen LogP contribution in [0.2, 0.25) is 5.02 Å². The maximum atomic E-state index is 9.03. The van der Waals surface area contributed by atoms with Crippen LogP contribution in [-0.4, -0.2) is 75.5 Å². The maximum Gasteiger partial charge on any atom is 0.179 e. The lowest BCUT2D eigenvalue weighted by Gasteiger charge is -2.37. The van der Waals surface area contributed by atoms with Crippen LogP contribution in [0.4, 0.5) is 5.69 Å². The molecule has 172 valence electrons. The molecule has 0 spiro atoms. The van der Waals surface area contributed by atoms with E-state index in [0.29, 0.717) is 35.5 Å². The lowest BCUT2D eigenvalue weighted by molar-refractivity contribution is -0.0424. The van der Waals surface area contributed by atoms with Crippen molar-refractivity contribution in [2.24, 2.45) is 5.92 Å². The van der Waals surface area contributed by atoms with E-state index in [0.717, 1.165) is 57.7 Å². The first-order chi connectivity index (χ1) is 15.0. The standard InChI is InChI=1S/C22H34ClN5O3/c1-3-30-21-11-20(25)19(23)10-18(21)22(29-2)26-12-17-14-28(8-9-31-17)13-16-4-6-27(15-24)7-5-16/h10-11,16-17,22,26H,3-9,12-14,25H2,1-2H3. The van der Waals surface area contributed by atoms with Crippen molar-refractivity contribution < 1.29 is 14.2 Å². The number of nitriles is 1. The number of ether oxygens (including phenoxy) is 3. The molecule has 2 saturated heterocycles. The van der Waals surface area contributed by atoms with Crippen LogP contribution >= 0.6 is 11.6 Å². The molecule has 9 heteroatoms. The molecule has 3 N–H and O–H groups in total. The molecule has 0 amide bonds. The maximum absolute atomic E-state index is 9.03. The number of methoxy groups -OCH3 is 1. The summed E-state index contributed by atoms with van der Waals surface area (Å²) < 4.78 is 17.4. The first kappa shape index (κ1) is 23.9. The van der Waals surface area contributed by atoms with Gasteiger partial charge in [0.25, 0.3) is 0 Å². The van der Waals surface area contributed by atoms with Crippen molar-refractivity contribution in [2.75, 3.05) is 65.3 Å². The monoisotopic (exact) mass is 451 g/mol. The Balaban J connectivity index is 1.54. The zero-order chi connectivity index (χ0) is 22.2. The topological polar surface area (TPSA) is 96.0 Å². The molecule has 1 aromatic carbocycles. The number of halogens is 1. The molecule has 1 aromatic rings. The van der Waals surface area contributed by atoms with Crippen molar-refractivity contribution >= 4 is 17.3 Å². The van der Waals surface area contributed by atoms with Crippen LogP contribution in [0.5, 0.6) is 5.75 Å². The molecule has 2 heterocycles. The van der Waals surface area contributed by atoms with Gasteiger partial charge in [0.2, 0.25) is 0 Å². The van der Waals surface area contributed by atoms with Crippen LogP contribution in [-0.2, 0) is 9.47 Å². The normalized spacial score (nSPS) is 21.6. The second-order valence-electron chi connectivity index (χ2n) is 8.15. The van der Waals surface area contributed by atoms with E-state index in [1.165, 1.54) is 0 Å². The highest BCUT2D eigenvalue weighted by Crippen LogP contribution is 2.33. The van der Waals surface area contributed by atoms with Gasteiger partial charge in [-0.1, -0.05) is 11.6 Å². The van der Waals surface area contributed by atoms with Crippen molar-refractivity contribution in [3.05, 3.63) is 22.7 Å².